The van der Waals surface area contributed by atoms with E-state index >= 15 is 0 Å². The Labute approximate surface area is 114 Å². The van der Waals surface area contributed by atoms with Crippen LogP contribution in [-0.4, -0.2) is 5.78 Å². The van der Waals surface area contributed by atoms with E-state index in [1.54, 1.807) is 0 Å². The molecule has 0 aliphatic heterocycles. The number of ketones is 1. The van der Waals surface area contributed by atoms with Gasteiger partial charge in [0.2, 0.25) is 0 Å². The quantitative estimate of drug-likeness (QED) is 0.502. The zero-order chi connectivity index (χ0) is 14.1. The third-order valence-corrected chi connectivity index (χ3v) is 3.66. The third kappa shape index (κ3) is 7.68. The van der Waals surface area contributed by atoms with Gasteiger partial charge in [-0.15, -0.1) is 0 Å². The van der Waals surface area contributed by atoms with Gasteiger partial charge in [0, 0.05) is 6.42 Å². The third-order valence-electron chi connectivity index (χ3n) is 3.66. The molecule has 0 saturated heterocycles. The average molecular weight is 252 g/mol. The van der Waals surface area contributed by atoms with Gasteiger partial charge in [0.25, 0.3) is 0 Å². The smallest absolute Gasteiger partial charge is 0.157 e. The molecule has 0 fully saturated rings. The molecule has 18 heavy (non-hydrogen) atoms. The van der Waals surface area contributed by atoms with Crippen LogP contribution in [0.5, 0.6) is 0 Å². The number of carbonyl (C=O) groups is 1. The first kappa shape index (κ1) is 17.4. The predicted octanol–water partition coefficient (Wildman–Crippen LogP) is 5.40. The number of Topliss-reactive ketones (excluding diaryl/α,β-unsaturated/α-hetero) is 1. The van der Waals surface area contributed by atoms with Gasteiger partial charge in [0.15, 0.2) is 5.78 Å². The van der Waals surface area contributed by atoms with E-state index in [2.05, 4.69) is 33.8 Å². The van der Waals surface area contributed by atoms with Gasteiger partial charge in [0.1, 0.15) is 0 Å². The van der Waals surface area contributed by atoms with Crippen molar-refractivity contribution < 1.29 is 4.79 Å². The van der Waals surface area contributed by atoms with Crippen molar-refractivity contribution in [2.24, 2.45) is 17.8 Å². The van der Waals surface area contributed by atoms with Crippen molar-refractivity contribution in [3.05, 3.63) is 11.6 Å². The minimum absolute atomic E-state index is 0.286. The molecule has 0 aliphatic rings. The van der Waals surface area contributed by atoms with Crippen LogP contribution >= 0.6 is 0 Å². The largest absolute Gasteiger partial charge is 0.295 e. The Morgan fingerprint density at radius 3 is 2.17 bits per heavy atom. The van der Waals surface area contributed by atoms with E-state index in [-0.39, 0.29) is 5.78 Å². The zero-order valence-electron chi connectivity index (χ0n) is 13.3. The van der Waals surface area contributed by atoms with Crippen molar-refractivity contribution in [1.29, 1.82) is 0 Å². The first-order valence-electron chi connectivity index (χ1n) is 7.62. The molecule has 0 radical (unpaired) electrons. The van der Waals surface area contributed by atoms with E-state index in [1.807, 2.05) is 13.8 Å². The molecule has 0 aromatic heterocycles. The fourth-order valence-corrected chi connectivity index (χ4v) is 2.90. The van der Waals surface area contributed by atoms with E-state index in [4.69, 9.17) is 0 Å². The van der Waals surface area contributed by atoms with Gasteiger partial charge in [-0.05, 0) is 43.1 Å². The van der Waals surface area contributed by atoms with Crippen LogP contribution in [0.1, 0.15) is 73.6 Å². The summed E-state index contributed by atoms with van der Waals surface area (Å²) in [5.74, 6) is 2.39. The molecular formula is C17H32O. The van der Waals surface area contributed by atoms with Crippen LogP contribution in [0.2, 0.25) is 0 Å². The molecule has 0 N–H and O–H groups in total. The highest BCUT2D eigenvalue weighted by molar-refractivity contribution is 5.94. The SMILES string of the molecule is CCCC(C)CC(C)CC(C)C=C(C)C(=O)CC. The Morgan fingerprint density at radius 1 is 1.06 bits per heavy atom. The van der Waals surface area contributed by atoms with Gasteiger partial charge in [0.05, 0.1) is 0 Å². The van der Waals surface area contributed by atoms with Crippen LogP contribution in [0.15, 0.2) is 11.6 Å². The fraction of sp³-hybridized carbons (Fsp3) is 0.824. The highest BCUT2D eigenvalue weighted by Gasteiger charge is 2.12. The Kier molecular flexibility index (Phi) is 9.05. The molecule has 0 bridgehead atoms. The topological polar surface area (TPSA) is 17.1 Å². The molecule has 1 heteroatoms. The van der Waals surface area contributed by atoms with E-state index in [1.165, 1.54) is 25.7 Å². The minimum atomic E-state index is 0.286. The van der Waals surface area contributed by atoms with Crippen molar-refractivity contribution in [2.75, 3.05) is 0 Å². The lowest BCUT2D eigenvalue weighted by atomic mass is 9.87. The number of hydrogen-bond donors (Lipinski definition) is 0. The molecule has 0 aliphatic carbocycles. The monoisotopic (exact) mass is 252 g/mol. The van der Waals surface area contributed by atoms with Crippen LogP contribution in [0.4, 0.5) is 0 Å². The Balaban J connectivity index is 4.14. The molecule has 1 nitrogen and oxygen atoms in total. The summed E-state index contributed by atoms with van der Waals surface area (Å²) in [7, 11) is 0. The summed E-state index contributed by atoms with van der Waals surface area (Å²) in [5, 5.41) is 0. The lowest BCUT2D eigenvalue weighted by Crippen LogP contribution is -2.08. The second kappa shape index (κ2) is 9.35. The van der Waals surface area contributed by atoms with Crippen molar-refractivity contribution >= 4 is 5.78 Å². The molecular weight excluding hydrogens is 220 g/mol. The average Bonchev–Trinajstić information content (AvgIpc) is 2.27. The van der Waals surface area contributed by atoms with Crippen molar-refractivity contribution in [2.45, 2.75) is 73.6 Å². The number of hydrogen-bond acceptors (Lipinski definition) is 1. The summed E-state index contributed by atoms with van der Waals surface area (Å²) in [6.07, 6.45) is 7.91. The Morgan fingerprint density at radius 2 is 1.67 bits per heavy atom. The van der Waals surface area contributed by atoms with Crippen molar-refractivity contribution in [1.82, 2.24) is 0 Å². The molecule has 0 spiro atoms. The molecule has 0 rings (SSSR count). The van der Waals surface area contributed by atoms with Gasteiger partial charge in [-0.1, -0.05) is 53.5 Å². The van der Waals surface area contributed by atoms with Gasteiger partial charge >= 0.3 is 0 Å². The summed E-state index contributed by atoms with van der Waals surface area (Å²) in [5.41, 5.74) is 0.943. The maximum Gasteiger partial charge on any atom is 0.157 e. The summed E-state index contributed by atoms with van der Waals surface area (Å²) in [6, 6.07) is 0. The zero-order valence-corrected chi connectivity index (χ0v) is 13.3. The maximum absolute atomic E-state index is 11.5. The number of carbonyl (C=O) groups excluding carboxylic acids is 1. The van der Waals surface area contributed by atoms with E-state index in [0.717, 1.165) is 17.4 Å². The summed E-state index contributed by atoms with van der Waals surface area (Å²) in [4.78, 5) is 11.5. The second-order valence-corrected chi connectivity index (χ2v) is 6.07. The molecule has 3 atom stereocenters. The highest BCUT2D eigenvalue weighted by atomic mass is 16.1. The Bertz CT molecular complexity index is 265. The lowest BCUT2D eigenvalue weighted by molar-refractivity contribution is -0.115. The van der Waals surface area contributed by atoms with Crippen LogP contribution < -0.4 is 0 Å². The van der Waals surface area contributed by atoms with E-state index < -0.39 is 0 Å². The van der Waals surface area contributed by atoms with Crippen molar-refractivity contribution in [3.8, 4) is 0 Å². The van der Waals surface area contributed by atoms with E-state index in [0.29, 0.717) is 12.3 Å². The predicted molar refractivity (Wildman–Crippen MR) is 80.7 cm³/mol. The molecule has 0 amide bonds. The highest BCUT2D eigenvalue weighted by Crippen LogP contribution is 2.23. The first-order valence-corrected chi connectivity index (χ1v) is 7.62. The second-order valence-electron chi connectivity index (χ2n) is 6.07. The number of allylic oxidation sites excluding steroid dienone is 2. The minimum Gasteiger partial charge on any atom is -0.295 e. The van der Waals surface area contributed by atoms with Gasteiger partial charge in [-0.2, -0.15) is 0 Å². The molecule has 3 unspecified atom stereocenters. The van der Waals surface area contributed by atoms with Crippen molar-refractivity contribution in [3.63, 3.8) is 0 Å². The maximum atomic E-state index is 11.5. The summed E-state index contributed by atoms with van der Waals surface area (Å²) >= 11 is 0. The van der Waals surface area contributed by atoms with E-state index in [9.17, 15) is 4.79 Å². The van der Waals surface area contributed by atoms with Gasteiger partial charge in [-0.25, -0.2) is 0 Å². The molecule has 0 saturated carbocycles. The molecule has 0 aromatic rings. The van der Waals surface area contributed by atoms with Crippen LogP contribution in [0, 0.1) is 17.8 Å². The summed E-state index contributed by atoms with van der Waals surface area (Å²) in [6.45, 7) is 13.1. The number of rotatable bonds is 9. The first-order chi connectivity index (χ1) is 8.40. The Hall–Kier alpha value is -0.590. The molecule has 0 heterocycles. The molecule has 106 valence electrons. The van der Waals surface area contributed by atoms with Crippen LogP contribution in [0.25, 0.3) is 0 Å². The van der Waals surface area contributed by atoms with Crippen LogP contribution in [-0.2, 0) is 4.79 Å². The van der Waals surface area contributed by atoms with Gasteiger partial charge < -0.3 is 0 Å². The standard InChI is InChI=1S/C17H32O/c1-7-9-13(3)10-14(4)11-15(5)12-16(6)17(18)8-2/h12-15H,7-11H2,1-6H3. The lowest BCUT2D eigenvalue weighted by Gasteiger charge is -2.19. The normalized spacial score (nSPS) is 17.3. The molecule has 0 aromatic carbocycles. The van der Waals surface area contributed by atoms with Crippen LogP contribution in [0.3, 0.4) is 0 Å². The van der Waals surface area contributed by atoms with Gasteiger partial charge in [-0.3, -0.25) is 4.79 Å². The summed E-state index contributed by atoms with van der Waals surface area (Å²) < 4.78 is 0. The fourth-order valence-electron chi connectivity index (χ4n) is 2.90.